The zero-order valence-electron chi connectivity index (χ0n) is 11.3. The third-order valence-electron chi connectivity index (χ3n) is 2.37. The maximum absolute atomic E-state index is 11.9. The van der Waals surface area contributed by atoms with Gasteiger partial charge < -0.3 is 20.0 Å². The number of nitrogens with two attached hydrogens (primary N) is 1. The molecule has 0 saturated heterocycles. The topological polar surface area (TPSA) is 103 Å². The standard InChI is InChI=1S/C13H19NO5/c1-13(2,3)19-12(17)10(11(15)16)9(14)7-8-5-4-6-18-8/h4-6,9-10H,7,14H2,1-3H3,(H,15,16)/t9-,10-/m1/s1. The minimum atomic E-state index is -1.41. The van der Waals surface area contributed by atoms with Crippen molar-refractivity contribution < 1.29 is 23.8 Å². The molecular weight excluding hydrogens is 250 g/mol. The quantitative estimate of drug-likeness (QED) is 0.615. The molecule has 6 nitrogen and oxygen atoms in total. The average molecular weight is 269 g/mol. The van der Waals surface area contributed by atoms with Crippen molar-refractivity contribution in [1.29, 1.82) is 0 Å². The largest absolute Gasteiger partial charge is 0.481 e. The van der Waals surface area contributed by atoms with Crippen LogP contribution in [0.5, 0.6) is 0 Å². The molecule has 1 aromatic heterocycles. The smallest absolute Gasteiger partial charge is 0.322 e. The van der Waals surface area contributed by atoms with Crippen LogP contribution in [-0.4, -0.2) is 28.7 Å². The second-order valence-electron chi connectivity index (χ2n) is 5.30. The molecule has 0 spiro atoms. The summed E-state index contributed by atoms with van der Waals surface area (Å²) in [6.07, 6.45) is 1.62. The number of furan rings is 1. The van der Waals surface area contributed by atoms with Crippen molar-refractivity contribution in [2.24, 2.45) is 11.7 Å². The summed E-state index contributed by atoms with van der Waals surface area (Å²) in [6, 6.07) is 2.44. The lowest BCUT2D eigenvalue weighted by Gasteiger charge is -2.24. The number of esters is 1. The van der Waals surface area contributed by atoms with Gasteiger partial charge in [-0.05, 0) is 32.9 Å². The molecule has 0 aliphatic carbocycles. The second-order valence-corrected chi connectivity index (χ2v) is 5.30. The molecule has 1 rings (SSSR count). The van der Waals surface area contributed by atoms with Crippen LogP contribution in [0.25, 0.3) is 0 Å². The van der Waals surface area contributed by atoms with Crippen molar-refractivity contribution in [3.8, 4) is 0 Å². The van der Waals surface area contributed by atoms with Gasteiger partial charge in [0.15, 0.2) is 5.92 Å². The second kappa shape index (κ2) is 5.88. The van der Waals surface area contributed by atoms with E-state index in [0.717, 1.165) is 0 Å². The van der Waals surface area contributed by atoms with Crippen molar-refractivity contribution in [3.05, 3.63) is 24.2 Å². The Morgan fingerprint density at radius 3 is 2.53 bits per heavy atom. The molecule has 0 radical (unpaired) electrons. The Morgan fingerprint density at radius 1 is 1.47 bits per heavy atom. The van der Waals surface area contributed by atoms with Crippen molar-refractivity contribution in [2.45, 2.75) is 38.8 Å². The molecule has 0 unspecified atom stereocenters. The van der Waals surface area contributed by atoms with Gasteiger partial charge in [0, 0.05) is 12.5 Å². The summed E-state index contributed by atoms with van der Waals surface area (Å²) < 4.78 is 10.2. The third kappa shape index (κ3) is 4.75. The number of carboxylic acids is 1. The summed E-state index contributed by atoms with van der Waals surface area (Å²) in [4.78, 5) is 23.0. The van der Waals surface area contributed by atoms with Gasteiger partial charge in [-0.3, -0.25) is 9.59 Å². The molecule has 19 heavy (non-hydrogen) atoms. The van der Waals surface area contributed by atoms with Crippen LogP contribution >= 0.6 is 0 Å². The third-order valence-corrected chi connectivity index (χ3v) is 2.37. The van der Waals surface area contributed by atoms with Gasteiger partial charge in [-0.15, -0.1) is 0 Å². The molecule has 1 aromatic rings. The monoisotopic (exact) mass is 269 g/mol. The number of carboxylic acid groups (broad SMARTS) is 1. The summed E-state index contributed by atoms with van der Waals surface area (Å²) in [5, 5.41) is 9.13. The van der Waals surface area contributed by atoms with Crippen LogP contribution in [0.1, 0.15) is 26.5 Å². The lowest BCUT2D eigenvalue weighted by atomic mass is 9.96. The SMILES string of the molecule is CC(C)(C)OC(=O)[C@@H](C(=O)O)[C@H](N)Cc1ccco1. The number of hydrogen-bond acceptors (Lipinski definition) is 5. The van der Waals surface area contributed by atoms with Gasteiger partial charge in [0.1, 0.15) is 11.4 Å². The molecule has 0 aliphatic heterocycles. The highest BCUT2D eigenvalue weighted by Crippen LogP contribution is 2.16. The Bertz CT molecular complexity index is 432. The summed E-state index contributed by atoms with van der Waals surface area (Å²) in [5.41, 5.74) is 5.03. The minimum Gasteiger partial charge on any atom is -0.481 e. The highest BCUT2D eigenvalue weighted by molar-refractivity contribution is 5.95. The molecule has 0 aliphatic rings. The highest BCUT2D eigenvalue weighted by atomic mass is 16.6. The first kappa shape index (κ1) is 15.2. The van der Waals surface area contributed by atoms with E-state index in [2.05, 4.69) is 0 Å². The molecule has 2 atom stereocenters. The Balaban J connectivity index is 2.76. The Kier molecular flexibility index (Phi) is 4.72. The van der Waals surface area contributed by atoms with Gasteiger partial charge >= 0.3 is 11.9 Å². The van der Waals surface area contributed by atoms with Crippen molar-refractivity contribution in [1.82, 2.24) is 0 Å². The Labute approximate surface area is 111 Å². The Morgan fingerprint density at radius 2 is 2.11 bits per heavy atom. The van der Waals surface area contributed by atoms with E-state index in [-0.39, 0.29) is 6.42 Å². The van der Waals surface area contributed by atoms with Crippen LogP contribution in [0.2, 0.25) is 0 Å². The lowest BCUT2D eigenvalue weighted by Crippen LogP contribution is -2.45. The first-order chi connectivity index (χ1) is 8.70. The number of ether oxygens (including phenoxy) is 1. The van der Waals surface area contributed by atoms with Gasteiger partial charge in [-0.1, -0.05) is 0 Å². The molecule has 106 valence electrons. The van der Waals surface area contributed by atoms with E-state index in [1.165, 1.54) is 6.26 Å². The maximum atomic E-state index is 11.9. The molecule has 6 heteroatoms. The molecule has 0 fully saturated rings. The van der Waals surface area contributed by atoms with Crippen LogP contribution < -0.4 is 5.73 Å². The minimum absolute atomic E-state index is 0.156. The zero-order chi connectivity index (χ0) is 14.6. The molecule has 1 heterocycles. The predicted molar refractivity (Wildman–Crippen MR) is 67.4 cm³/mol. The van der Waals surface area contributed by atoms with Gasteiger partial charge in [0.05, 0.1) is 6.26 Å². The maximum Gasteiger partial charge on any atom is 0.322 e. The van der Waals surface area contributed by atoms with Crippen molar-refractivity contribution in [3.63, 3.8) is 0 Å². The summed E-state index contributed by atoms with van der Waals surface area (Å²) in [7, 11) is 0. The molecule has 0 aromatic carbocycles. The molecular formula is C13H19NO5. The van der Waals surface area contributed by atoms with E-state index in [0.29, 0.717) is 5.76 Å². The predicted octanol–water partition coefficient (Wildman–Crippen LogP) is 1.19. The van der Waals surface area contributed by atoms with E-state index in [1.807, 2.05) is 0 Å². The number of carbonyl (C=O) groups is 2. The van der Waals surface area contributed by atoms with Crippen LogP contribution in [0.15, 0.2) is 22.8 Å². The fourth-order valence-electron chi connectivity index (χ4n) is 1.60. The van der Waals surface area contributed by atoms with Gasteiger partial charge in [-0.2, -0.15) is 0 Å². The van der Waals surface area contributed by atoms with E-state index in [9.17, 15) is 9.59 Å². The number of hydrogen-bond donors (Lipinski definition) is 2. The van der Waals surface area contributed by atoms with Gasteiger partial charge in [0.2, 0.25) is 0 Å². The highest BCUT2D eigenvalue weighted by Gasteiger charge is 2.36. The summed E-state index contributed by atoms with van der Waals surface area (Å²) in [6.45, 7) is 5.01. The van der Waals surface area contributed by atoms with Crippen molar-refractivity contribution in [2.75, 3.05) is 0 Å². The molecule has 0 bridgehead atoms. The fraction of sp³-hybridized carbons (Fsp3) is 0.538. The number of rotatable bonds is 5. The Hall–Kier alpha value is -1.82. The van der Waals surface area contributed by atoms with Crippen LogP contribution in [0, 0.1) is 5.92 Å². The van der Waals surface area contributed by atoms with Crippen LogP contribution in [0.4, 0.5) is 0 Å². The number of carbonyl (C=O) groups excluding carboxylic acids is 1. The first-order valence-electron chi connectivity index (χ1n) is 5.94. The summed E-state index contributed by atoms with van der Waals surface area (Å²) >= 11 is 0. The lowest BCUT2D eigenvalue weighted by molar-refractivity contribution is -0.167. The average Bonchev–Trinajstić information content (AvgIpc) is 2.66. The first-order valence-corrected chi connectivity index (χ1v) is 5.94. The molecule has 0 saturated carbocycles. The van der Waals surface area contributed by atoms with Crippen LogP contribution in [0.3, 0.4) is 0 Å². The number of aliphatic carboxylic acids is 1. The fourth-order valence-corrected chi connectivity index (χ4v) is 1.60. The van der Waals surface area contributed by atoms with Gasteiger partial charge in [-0.25, -0.2) is 0 Å². The van der Waals surface area contributed by atoms with Crippen LogP contribution in [-0.2, 0) is 20.7 Å². The van der Waals surface area contributed by atoms with E-state index in [4.69, 9.17) is 20.0 Å². The zero-order valence-corrected chi connectivity index (χ0v) is 11.3. The van der Waals surface area contributed by atoms with E-state index in [1.54, 1.807) is 32.9 Å². The summed E-state index contributed by atoms with van der Waals surface area (Å²) in [5.74, 6) is -3.01. The van der Waals surface area contributed by atoms with E-state index >= 15 is 0 Å². The van der Waals surface area contributed by atoms with Gasteiger partial charge in [0.25, 0.3) is 0 Å². The van der Waals surface area contributed by atoms with Crippen molar-refractivity contribution >= 4 is 11.9 Å². The molecule has 0 amide bonds. The normalized spacial score (nSPS) is 14.7. The van der Waals surface area contributed by atoms with E-state index < -0.39 is 29.5 Å². The molecule has 3 N–H and O–H groups in total.